The second-order valence-electron chi connectivity index (χ2n) is 3.77. The second-order valence-corrected chi connectivity index (χ2v) is 3.77. The Balaban J connectivity index is 2.54. The molecule has 0 bridgehead atoms. The topological polar surface area (TPSA) is 43.1 Å². The van der Waals surface area contributed by atoms with Gasteiger partial charge in [-0.2, -0.15) is 0 Å². The van der Waals surface area contributed by atoms with E-state index in [0.29, 0.717) is 16.7 Å². The minimum Gasteiger partial charge on any atom is -0.258 e. The van der Waals surface area contributed by atoms with Crippen LogP contribution in [0.3, 0.4) is 0 Å². The first kappa shape index (κ1) is 11.3. The fourth-order valence-electron chi connectivity index (χ4n) is 1.65. The monoisotopic (exact) mass is 231 g/mol. The molecular formula is C13H10FNO2. The van der Waals surface area contributed by atoms with Gasteiger partial charge in [0.25, 0.3) is 5.69 Å². The van der Waals surface area contributed by atoms with Crippen molar-refractivity contribution in [3.8, 4) is 11.1 Å². The van der Waals surface area contributed by atoms with Gasteiger partial charge in [-0.15, -0.1) is 0 Å². The van der Waals surface area contributed by atoms with E-state index >= 15 is 0 Å². The maximum Gasteiger partial charge on any atom is 0.272 e. The lowest BCUT2D eigenvalue weighted by Crippen LogP contribution is -1.92. The predicted octanol–water partition coefficient (Wildman–Crippen LogP) is 3.71. The molecule has 0 aliphatic carbocycles. The number of nitro benzene ring substituents is 1. The summed E-state index contributed by atoms with van der Waals surface area (Å²) in [5.74, 6) is -0.356. The van der Waals surface area contributed by atoms with Gasteiger partial charge in [-0.3, -0.25) is 10.1 Å². The van der Waals surface area contributed by atoms with E-state index in [2.05, 4.69) is 0 Å². The summed E-state index contributed by atoms with van der Waals surface area (Å²) < 4.78 is 13.1. The Labute approximate surface area is 97.7 Å². The zero-order chi connectivity index (χ0) is 12.4. The van der Waals surface area contributed by atoms with E-state index in [0.717, 1.165) is 0 Å². The molecule has 0 radical (unpaired) electrons. The van der Waals surface area contributed by atoms with E-state index in [4.69, 9.17) is 0 Å². The molecule has 0 heterocycles. The van der Waals surface area contributed by atoms with Crippen LogP contribution in [-0.4, -0.2) is 4.92 Å². The summed E-state index contributed by atoms with van der Waals surface area (Å²) >= 11 is 0. The van der Waals surface area contributed by atoms with Gasteiger partial charge in [0, 0.05) is 11.6 Å². The minimum absolute atomic E-state index is 0.0479. The summed E-state index contributed by atoms with van der Waals surface area (Å²) in [5.41, 5.74) is 1.91. The van der Waals surface area contributed by atoms with E-state index in [1.54, 1.807) is 31.2 Å². The fraction of sp³-hybridized carbons (Fsp3) is 0.0769. The highest BCUT2D eigenvalue weighted by Crippen LogP contribution is 2.26. The van der Waals surface area contributed by atoms with Crippen LogP contribution in [0, 0.1) is 22.9 Å². The van der Waals surface area contributed by atoms with Gasteiger partial charge in [0.05, 0.1) is 4.92 Å². The van der Waals surface area contributed by atoms with Gasteiger partial charge < -0.3 is 0 Å². The Bertz CT molecular complexity index is 581. The summed E-state index contributed by atoms with van der Waals surface area (Å²) in [5, 5.41) is 10.8. The van der Waals surface area contributed by atoms with Crippen molar-refractivity contribution in [3.05, 3.63) is 64.0 Å². The fourth-order valence-corrected chi connectivity index (χ4v) is 1.65. The number of hydrogen-bond donors (Lipinski definition) is 0. The molecule has 2 aromatic rings. The molecule has 86 valence electrons. The normalized spacial score (nSPS) is 10.2. The van der Waals surface area contributed by atoms with Gasteiger partial charge in [-0.1, -0.05) is 24.3 Å². The molecule has 4 heteroatoms. The summed E-state index contributed by atoms with van der Waals surface area (Å²) in [6.07, 6.45) is 0. The minimum atomic E-state index is -0.432. The van der Waals surface area contributed by atoms with Crippen LogP contribution >= 0.6 is 0 Å². The molecule has 0 saturated carbocycles. The maximum atomic E-state index is 13.1. The van der Waals surface area contributed by atoms with Gasteiger partial charge in [-0.25, -0.2) is 4.39 Å². The van der Waals surface area contributed by atoms with Crippen LogP contribution in [0.15, 0.2) is 42.5 Å². The van der Waals surface area contributed by atoms with Crippen molar-refractivity contribution < 1.29 is 9.31 Å². The van der Waals surface area contributed by atoms with E-state index in [1.807, 2.05) is 0 Å². The Hall–Kier alpha value is -2.23. The van der Waals surface area contributed by atoms with Crippen LogP contribution in [0.1, 0.15) is 5.56 Å². The van der Waals surface area contributed by atoms with E-state index in [1.165, 1.54) is 18.2 Å². The van der Waals surface area contributed by atoms with Gasteiger partial charge in [0.2, 0.25) is 0 Å². The number of hydrogen-bond acceptors (Lipinski definition) is 2. The van der Waals surface area contributed by atoms with Crippen molar-refractivity contribution in [2.45, 2.75) is 6.92 Å². The molecule has 0 fully saturated rings. The van der Waals surface area contributed by atoms with Crippen LogP contribution in [0.4, 0.5) is 10.1 Å². The lowest BCUT2D eigenvalue weighted by atomic mass is 10.0. The molecule has 0 aliphatic heterocycles. The smallest absolute Gasteiger partial charge is 0.258 e. The van der Waals surface area contributed by atoms with Crippen molar-refractivity contribution in [2.24, 2.45) is 0 Å². The molecule has 0 amide bonds. The molecule has 0 saturated heterocycles. The Morgan fingerprint density at radius 2 is 1.82 bits per heavy atom. The van der Waals surface area contributed by atoms with Crippen LogP contribution in [0.2, 0.25) is 0 Å². The number of halogens is 1. The molecule has 2 rings (SSSR count). The summed E-state index contributed by atoms with van der Waals surface area (Å²) in [6, 6.07) is 10.9. The molecule has 0 aromatic heterocycles. The highest BCUT2D eigenvalue weighted by atomic mass is 19.1. The van der Waals surface area contributed by atoms with Crippen molar-refractivity contribution in [1.29, 1.82) is 0 Å². The molecule has 0 spiro atoms. The number of rotatable bonds is 2. The number of nitrogens with zero attached hydrogens (tertiary/aromatic N) is 1. The third kappa shape index (κ3) is 2.30. The Morgan fingerprint density at radius 3 is 2.47 bits per heavy atom. The molecule has 0 atom stereocenters. The van der Waals surface area contributed by atoms with Gasteiger partial charge >= 0.3 is 0 Å². The molecule has 0 unspecified atom stereocenters. The number of benzene rings is 2. The van der Waals surface area contributed by atoms with Gasteiger partial charge in [-0.05, 0) is 30.2 Å². The van der Waals surface area contributed by atoms with Crippen LogP contribution in [0.25, 0.3) is 11.1 Å². The first-order valence-electron chi connectivity index (χ1n) is 5.09. The van der Waals surface area contributed by atoms with Gasteiger partial charge in [0.15, 0.2) is 0 Å². The standard InChI is InChI=1S/C13H10FNO2/c1-9-5-6-11(8-13(9)15(16)17)10-3-2-4-12(14)7-10/h2-8H,1H3. The SMILES string of the molecule is Cc1ccc(-c2cccc(F)c2)cc1[N+](=O)[O-]. The zero-order valence-corrected chi connectivity index (χ0v) is 9.18. The average molecular weight is 231 g/mol. The van der Waals surface area contributed by atoms with E-state index < -0.39 is 4.92 Å². The van der Waals surface area contributed by atoms with Crippen molar-refractivity contribution in [1.82, 2.24) is 0 Å². The molecule has 17 heavy (non-hydrogen) atoms. The highest BCUT2D eigenvalue weighted by Gasteiger charge is 2.11. The van der Waals surface area contributed by atoms with Crippen LogP contribution < -0.4 is 0 Å². The molecule has 2 aromatic carbocycles. The summed E-state index contributed by atoms with van der Waals surface area (Å²) in [6.45, 7) is 1.67. The molecular weight excluding hydrogens is 221 g/mol. The largest absolute Gasteiger partial charge is 0.272 e. The average Bonchev–Trinajstić information content (AvgIpc) is 2.29. The summed E-state index contributed by atoms with van der Waals surface area (Å²) in [4.78, 5) is 10.4. The zero-order valence-electron chi connectivity index (χ0n) is 9.18. The first-order chi connectivity index (χ1) is 8.08. The first-order valence-corrected chi connectivity index (χ1v) is 5.09. The van der Waals surface area contributed by atoms with E-state index in [9.17, 15) is 14.5 Å². The Morgan fingerprint density at radius 1 is 1.12 bits per heavy atom. The second kappa shape index (κ2) is 4.33. The van der Waals surface area contributed by atoms with Gasteiger partial charge in [0.1, 0.15) is 5.82 Å². The lowest BCUT2D eigenvalue weighted by Gasteiger charge is -2.03. The number of aryl methyl sites for hydroxylation is 1. The lowest BCUT2D eigenvalue weighted by molar-refractivity contribution is -0.385. The summed E-state index contributed by atoms with van der Waals surface area (Å²) in [7, 11) is 0. The number of nitro groups is 1. The maximum absolute atomic E-state index is 13.1. The third-order valence-corrected chi connectivity index (χ3v) is 2.56. The molecule has 0 N–H and O–H groups in total. The quantitative estimate of drug-likeness (QED) is 0.584. The predicted molar refractivity (Wildman–Crippen MR) is 63.2 cm³/mol. The molecule has 3 nitrogen and oxygen atoms in total. The van der Waals surface area contributed by atoms with Crippen molar-refractivity contribution >= 4 is 5.69 Å². The van der Waals surface area contributed by atoms with Crippen LogP contribution in [-0.2, 0) is 0 Å². The molecule has 0 aliphatic rings. The van der Waals surface area contributed by atoms with E-state index in [-0.39, 0.29) is 11.5 Å². The third-order valence-electron chi connectivity index (χ3n) is 2.56. The van der Waals surface area contributed by atoms with Crippen molar-refractivity contribution in [3.63, 3.8) is 0 Å². The van der Waals surface area contributed by atoms with Crippen molar-refractivity contribution in [2.75, 3.05) is 0 Å². The Kier molecular flexibility index (Phi) is 2.87. The highest BCUT2D eigenvalue weighted by molar-refractivity contribution is 5.67. The van der Waals surface area contributed by atoms with Crippen LogP contribution in [0.5, 0.6) is 0 Å².